The molecule has 1 aliphatic heterocycles. The summed E-state index contributed by atoms with van der Waals surface area (Å²) >= 11 is 0. The molecule has 0 bridgehead atoms. The van der Waals surface area contributed by atoms with Gasteiger partial charge in [0.1, 0.15) is 22.2 Å². The number of nitrogens with one attached hydrogen (secondary N) is 1. The van der Waals surface area contributed by atoms with Crippen LogP contribution in [0, 0.1) is 0 Å². The summed E-state index contributed by atoms with van der Waals surface area (Å²) in [7, 11) is -0.474. The van der Waals surface area contributed by atoms with Gasteiger partial charge in [-0.2, -0.15) is 0 Å². The highest BCUT2D eigenvalue weighted by molar-refractivity contribution is 8.00. The van der Waals surface area contributed by atoms with Crippen molar-refractivity contribution in [3.8, 4) is 11.5 Å². The maximum atomic E-state index is 12.5. The minimum atomic E-state index is -3.64. The molecule has 0 unspecified atom stereocenters. The van der Waals surface area contributed by atoms with Gasteiger partial charge in [-0.15, -0.1) is 0 Å². The van der Waals surface area contributed by atoms with Gasteiger partial charge in [-0.25, -0.2) is 8.42 Å². The Kier molecular flexibility index (Phi) is 4.99. The molecule has 0 radical (unpaired) electrons. The monoisotopic (exact) mass is 372 g/mol. The highest BCUT2D eigenvalue weighted by Gasteiger charge is 2.32. The summed E-state index contributed by atoms with van der Waals surface area (Å²) in [6.45, 7) is 2.10. The van der Waals surface area contributed by atoms with Crippen molar-refractivity contribution in [2.24, 2.45) is 4.99 Å². The predicted molar refractivity (Wildman–Crippen MR) is 102 cm³/mol. The SMILES string of the molecule is COc1ccc(C2=C(C)C(=NCc3cccc(OC)c3)NS2(=O)=O)cc1. The Morgan fingerprint density at radius 1 is 1.00 bits per heavy atom. The standard InChI is InChI=1S/C19H20N2O4S/c1-13-18(15-7-9-16(24-2)10-8-15)26(22,23)21-19(13)20-12-14-5-4-6-17(11-14)25-3/h4-11H,12H2,1-3H3,(H,20,21). The fraction of sp³-hybridized carbons (Fsp3) is 0.211. The Bertz CT molecular complexity index is 977. The molecule has 26 heavy (non-hydrogen) atoms. The number of aliphatic imine (C=N–C) groups is 1. The molecule has 0 saturated carbocycles. The molecular formula is C19H20N2O4S. The van der Waals surface area contributed by atoms with Crippen molar-refractivity contribution in [2.75, 3.05) is 14.2 Å². The first kappa shape index (κ1) is 18.0. The van der Waals surface area contributed by atoms with Crippen LogP contribution in [0.25, 0.3) is 4.91 Å². The third-order valence-electron chi connectivity index (χ3n) is 4.10. The number of benzene rings is 2. The summed E-state index contributed by atoms with van der Waals surface area (Å²) in [6, 6.07) is 14.4. The Labute approximate surface area is 153 Å². The van der Waals surface area contributed by atoms with E-state index in [1.807, 2.05) is 24.3 Å². The second kappa shape index (κ2) is 7.21. The van der Waals surface area contributed by atoms with Crippen molar-refractivity contribution in [1.82, 2.24) is 4.72 Å². The Balaban J connectivity index is 1.92. The zero-order valence-corrected chi connectivity index (χ0v) is 15.6. The van der Waals surface area contributed by atoms with Crippen LogP contribution >= 0.6 is 0 Å². The van der Waals surface area contributed by atoms with Gasteiger partial charge in [-0.1, -0.05) is 12.1 Å². The van der Waals surface area contributed by atoms with E-state index in [0.717, 1.165) is 11.3 Å². The Hall–Kier alpha value is -2.80. The molecule has 0 fully saturated rings. The van der Waals surface area contributed by atoms with E-state index in [2.05, 4.69) is 9.71 Å². The molecule has 3 rings (SSSR count). The lowest BCUT2D eigenvalue weighted by Crippen LogP contribution is -2.23. The quantitative estimate of drug-likeness (QED) is 0.875. The van der Waals surface area contributed by atoms with Crippen molar-refractivity contribution in [1.29, 1.82) is 0 Å². The highest BCUT2D eigenvalue weighted by atomic mass is 32.2. The van der Waals surface area contributed by atoms with E-state index in [0.29, 0.717) is 29.3 Å². The molecule has 136 valence electrons. The molecule has 7 heteroatoms. The Morgan fingerprint density at radius 2 is 1.69 bits per heavy atom. The van der Waals surface area contributed by atoms with E-state index < -0.39 is 10.0 Å². The van der Waals surface area contributed by atoms with E-state index in [1.165, 1.54) is 0 Å². The zero-order valence-electron chi connectivity index (χ0n) is 14.8. The maximum Gasteiger partial charge on any atom is 0.264 e. The van der Waals surface area contributed by atoms with Gasteiger partial charge in [0.2, 0.25) is 0 Å². The number of hydrogen-bond donors (Lipinski definition) is 1. The van der Waals surface area contributed by atoms with Gasteiger partial charge in [0.05, 0.1) is 20.8 Å². The summed E-state index contributed by atoms with van der Waals surface area (Å²) in [5, 5.41) is 0. The van der Waals surface area contributed by atoms with Gasteiger partial charge in [0, 0.05) is 5.57 Å². The molecule has 2 aromatic carbocycles. The van der Waals surface area contributed by atoms with Gasteiger partial charge >= 0.3 is 0 Å². The molecular weight excluding hydrogens is 352 g/mol. The van der Waals surface area contributed by atoms with Crippen molar-refractivity contribution in [3.63, 3.8) is 0 Å². The van der Waals surface area contributed by atoms with Gasteiger partial charge in [-0.3, -0.25) is 9.71 Å². The van der Waals surface area contributed by atoms with E-state index in [9.17, 15) is 8.42 Å². The lowest BCUT2D eigenvalue weighted by atomic mass is 10.1. The first-order chi connectivity index (χ1) is 12.4. The fourth-order valence-electron chi connectivity index (χ4n) is 2.77. The number of hydrogen-bond acceptors (Lipinski definition) is 5. The molecule has 0 atom stereocenters. The first-order valence-corrected chi connectivity index (χ1v) is 9.49. The van der Waals surface area contributed by atoms with Crippen molar-refractivity contribution in [3.05, 3.63) is 65.2 Å². The lowest BCUT2D eigenvalue weighted by Gasteiger charge is -2.04. The van der Waals surface area contributed by atoms with Crippen LogP contribution in [0.5, 0.6) is 11.5 Å². The normalized spacial score (nSPS) is 17.3. The summed E-state index contributed by atoms with van der Waals surface area (Å²) in [5.41, 5.74) is 2.13. The predicted octanol–water partition coefficient (Wildman–Crippen LogP) is 2.97. The third-order valence-corrected chi connectivity index (χ3v) is 5.64. The summed E-state index contributed by atoms with van der Waals surface area (Å²) < 4.78 is 38.0. The number of amidine groups is 1. The number of rotatable bonds is 5. The van der Waals surface area contributed by atoms with E-state index in [1.54, 1.807) is 45.4 Å². The Morgan fingerprint density at radius 3 is 2.35 bits per heavy atom. The van der Waals surface area contributed by atoms with Gasteiger partial charge in [0.25, 0.3) is 10.0 Å². The van der Waals surface area contributed by atoms with Crippen LogP contribution in [0.15, 0.2) is 59.1 Å². The molecule has 6 nitrogen and oxygen atoms in total. The first-order valence-electron chi connectivity index (χ1n) is 8.00. The molecule has 2 aromatic rings. The largest absolute Gasteiger partial charge is 0.497 e. The number of methoxy groups -OCH3 is 2. The van der Waals surface area contributed by atoms with Crippen molar-refractivity contribution < 1.29 is 17.9 Å². The van der Waals surface area contributed by atoms with Crippen LogP contribution in [0.3, 0.4) is 0 Å². The minimum Gasteiger partial charge on any atom is -0.497 e. The van der Waals surface area contributed by atoms with Crippen LogP contribution in [0.1, 0.15) is 18.1 Å². The zero-order chi connectivity index (χ0) is 18.7. The minimum absolute atomic E-state index is 0.240. The molecule has 0 aromatic heterocycles. The third kappa shape index (κ3) is 3.57. The van der Waals surface area contributed by atoms with Gasteiger partial charge in [0.15, 0.2) is 0 Å². The van der Waals surface area contributed by atoms with Gasteiger partial charge in [-0.05, 0) is 54.4 Å². The summed E-state index contributed by atoms with van der Waals surface area (Å²) in [4.78, 5) is 4.68. The molecule has 1 aliphatic rings. The van der Waals surface area contributed by atoms with Crippen LogP contribution in [0.4, 0.5) is 0 Å². The number of ether oxygens (including phenoxy) is 2. The highest BCUT2D eigenvalue weighted by Crippen LogP contribution is 2.31. The van der Waals surface area contributed by atoms with Crippen LogP contribution in [0.2, 0.25) is 0 Å². The molecule has 0 saturated heterocycles. The number of sulfonamides is 1. The van der Waals surface area contributed by atoms with Crippen LogP contribution in [-0.4, -0.2) is 28.5 Å². The van der Waals surface area contributed by atoms with Crippen LogP contribution < -0.4 is 14.2 Å². The van der Waals surface area contributed by atoms with Crippen molar-refractivity contribution >= 4 is 20.8 Å². The lowest BCUT2D eigenvalue weighted by molar-refractivity contribution is 0.414. The smallest absolute Gasteiger partial charge is 0.264 e. The second-order valence-corrected chi connectivity index (χ2v) is 7.42. The maximum absolute atomic E-state index is 12.5. The average molecular weight is 372 g/mol. The summed E-state index contributed by atoms with van der Waals surface area (Å²) in [5.74, 6) is 1.77. The van der Waals surface area contributed by atoms with Gasteiger partial charge < -0.3 is 9.47 Å². The molecule has 0 spiro atoms. The fourth-order valence-corrected chi connectivity index (χ4v) is 4.29. The topological polar surface area (TPSA) is 77.0 Å². The number of nitrogens with zero attached hydrogens (tertiary/aromatic N) is 1. The van der Waals surface area contributed by atoms with E-state index in [4.69, 9.17) is 9.47 Å². The van der Waals surface area contributed by atoms with Crippen molar-refractivity contribution in [2.45, 2.75) is 13.5 Å². The summed E-state index contributed by atoms with van der Waals surface area (Å²) in [6.07, 6.45) is 0. The second-order valence-electron chi connectivity index (χ2n) is 5.80. The average Bonchev–Trinajstić information content (AvgIpc) is 2.88. The van der Waals surface area contributed by atoms with Crippen LogP contribution in [-0.2, 0) is 16.6 Å². The van der Waals surface area contributed by atoms with E-state index >= 15 is 0 Å². The molecule has 1 N–H and O–H groups in total. The molecule has 0 amide bonds. The van der Waals surface area contributed by atoms with E-state index in [-0.39, 0.29) is 4.91 Å². The molecule has 1 heterocycles. The molecule has 0 aliphatic carbocycles.